The topological polar surface area (TPSA) is 13.6 Å². The predicted molar refractivity (Wildman–Crippen MR) is 48.0 cm³/mol. The van der Waals surface area contributed by atoms with Gasteiger partial charge in [0.1, 0.15) is 5.75 Å². The Labute approximate surface area is 72.6 Å². The molecule has 12 heavy (non-hydrogen) atoms. The molecule has 1 unspecified atom stereocenters. The summed E-state index contributed by atoms with van der Waals surface area (Å²) < 4.78 is 5.05. The summed E-state index contributed by atoms with van der Waals surface area (Å²) in [7, 11) is 1.63. The van der Waals surface area contributed by atoms with Crippen LogP contribution >= 0.6 is 0 Å². The van der Waals surface area contributed by atoms with Gasteiger partial charge in [0.15, 0.2) is 0 Å². The van der Waals surface area contributed by atoms with Crippen molar-refractivity contribution in [3.05, 3.63) is 41.2 Å². The number of nitrogens with zero attached hydrogens (tertiary/aromatic N) is 1. The lowest BCUT2D eigenvalue weighted by molar-refractivity contribution is 0.414. The lowest BCUT2D eigenvalue weighted by Gasteiger charge is -2.02. The average Bonchev–Trinajstić information content (AvgIpc) is 2.17. The molecule has 62 valence electrons. The molecular weight excluding hydrogens is 150 g/mol. The first kappa shape index (κ1) is 8.61. The first-order chi connectivity index (χ1) is 5.77. The van der Waals surface area contributed by atoms with Crippen LogP contribution in [0.3, 0.4) is 0 Å². The minimum atomic E-state index is -0.0832. The molecule has 0 heterocycles. The number of ether oxygens (including phenoxy) is 1. The number of methoxy groups -OCH3 is 1. The molecule has 0 saturated carbocycles. The van der Waals surface area contributed by atoms with E-state index in [4.69, 9.17) is 11.3 Å². The second-order valence-electron chi connectivity index (χ2n) is 2.58. The summed E-state index contributed by atoms with van der Waals surface area (Å²) in [5.74, 6) is 0.808. The summed E-state index contributed by atoms with van der Waals surface area (Å²) in [4.78, 5) is 3.43. The van der Waals surface area contributed by atoms with Crippen LogP contribution in [0.2, 0.25) is 0 Å². The fourth-order valence-corrected chi connectivity index (χ4v) is 0.976. The molecule has 1 aromatic carbocycles. The van der Waals surface area contributed by atoms with Crippen LogP contribution in [0.4, 0.5) is 0 Å². The summed E-state index contributed by atoms with van der Waals surface area (Å²) in [5.41, 5.74) is 1.00. The molecule has 0 bridgehead atoms. The highest BCUT2D eigenvalue weighted by Gasteiger charge is 2.07. The fraction of sp³-hybridized carbons (Fsp3) is 0.300. The molecule has 0 aliphatic heterocycles. The molecule has 0 radical (unpaired) electrons. The lowest BCUT2D eigenvalue weighted by Crippen LogP contribution is -1.88. The monoisotopic (exact) mass is 161 g/mol. The summed E-state index contributed by atoms with van der Waals surface area (Å²) >= 11 is 0. The van der Waals surface area contributed by atoms with E-state index in [0.29, 0.717) is 0 Å². The largest absolute Gasteiger partial charge is 0.497 e. The van der Waals surface area contributed by atoms with E-state index in [1.807, 2.05) is 31.2 Å². The summed E-state index contributed by atoms with van der Waals surface area (Å²) in [5, 5.41) is 0. The first-order valence-electron chi connectivity index (χ1n) is 3.78. The van der Waals surface area contributed by atoms with E-state index < -0.39 is 0 Å². The van der Waals surface area contributed by atoms with Crippen molar-refractivity contribution >= 4 is 0 Å². The number of hydrogen-bond donors (Lipinski definition) is 0. The molecule has 2 nitrogen and oxygen atoms in total. The normalized spacial score (nSPS) is 11.8. The zero-order valence-corrected chi connectivity index (χ0v) is 7.24. The third-order valence-electron chi connectivity index (χ3n) is 1.77. The predicted octanol–water partition coefficient (Wildman–Crippen LogP) is 2.68. The molecule has 0 N–H and O–H groups in total. The summed E-state index contributed by atoms with van der Waals surface area (Å²) in [6, 6.07) is 7.52. The Kier molecular flexibility index (Phi) is 2.71. The van der Waals surface area contributed by atoms with Crippen molar-refractivity contribution in [2.75, 3.05) is 7.11 Å². The molecule has 0 spiro atoms. The van der Waals surface area contributed by atoms with E-state index in [1.54, 1.807) is 7.11 Å². The maximum atomic E-state index is 6.86. The highest BCUT2D eigenvalue weighted by atomic mass is 16.5. The van der Waals surface area contributed by atoms with Crippen molar-refractivity contribution < 1.29 is 4.74 Å². The maximum absolute atomic E-state index is 6.86. The lowest BCUT2D eigenvalue weighted by atomic mass is 10.1. The van der Waals surface area contributed by atoms with Crippen LogP contribution in [0.1, 0.15) is 18.5 Å². The minimum absolute atomic E-state index is 0.0832. The van der Waals surface area contributed by atoms with E-state index in [-0.39, 0.29) is 6.04 Å². The number of hydrogen-bond acceptors (Lipinski definition) is 1. The van der Waals surface area contributed by atoms with Gasteiger partial charge in [-0.15, -0.1) is 0 Å². The van der Waals surface area contributed by atoms with Crippen LogP contribution in [0.25, 0.3) is 4.85 Å². The molecule has 1 atom stereocenters. The van der Waals surface area contributed by atoms with Gasteiger partial charge in [-0.1, -0.05) is 12.1 Å². The smallest absolute Gasteiger partial charge is 0.246 e. The molecule has 0 fully saturated rings. The van der Waals surface area contributed by atoms with Gasteiger partial charge in [0.2, 0.25) is 6.04 Å². The van der Waals surface area contributed by atoms with Crippen molar-refractivity contribution in [2.45, 2.75) is 13.0 Å². The Bertz CT molecular complexity index is 301. The highest BCUT2D eigenvalue weighted by molar-refractivity contribution is 5.31. The van der Waals surface area contributed by atoms with Gasteiger partial charge in [-0.05, 0) is 12.1 Å². The Hall–Kier alpha value is -1.49. The Balaban J connectivity index is 2.95. The third kappa shape index (κ3) is 1.76. The van der Waals surface area contributed by atoms with Gasteiger partial charge in [-0.25, -0.2) is 6.57 Å². The van der Waals surface area contributed by atoms with Gasteiger partial charge in [-0.2, -0.15) is 0 Å². The van der Waals surface area contributed by atoms with Gasteiger partial charge >= 0.3 is 0 Å². The first-order valence-corrected chi connectivity index (χ1v) is 3.78. The van der Waals surface area contributed by atoms with E-state index >= 15 is 0 Å². The van der Waals surface area contributed by atoms with Gasteiger partial charge in [0, 0.05) is 12.5 Å². The van der Waals surface area contributed by atoms with Crippen molar-refractivity contribution in [3.8, 4) is 5.75 Å². The van der Waals surface area contributed by atoms with Crippen molar-refractivity contribution in [1.29, 1.82) is 0 Å². The zero-order valence-electron chi connectivity index (χ0n) is 7.24. The van der Waals surface area contributed by atoms with Crippen molar-refractivity contribution in [2.24, 2.45) is 0 Å². The van der Waals surface area contributed by atoms with Gasteiger partial charge in [-0.3, -0.25) is 0 Å². The second kappa shape index (κ2) is 3.77. The zero-order chi connectivity index (χ0) is 8.97. The molecule has 0 amide bonds. The van der Waals surface area contributed by atoms with E-state index in [9.17, 15) is 0 Å². The molecule has 0 aromatic heterocycles. The van der Waals surface area contributed by atoms with Crippen LogP contribution in [-0.2, 0) is 0 Å². The SMILES string of the molecule is [C-]#[N+]C(C)c1cccc(OC)c1. The van der Waals surface area contributed by atoms with Crippen LogP contribution in [-0.4, -0.2) is 7.11 Å². The molecule has 1 aromatic rings. The van der Waals surface area contributed by atoms with Gasteiger partial charge in [0.25, 0.3) is 0 Å². The second-order valence-corrected chi connectivity index (χ2v) is 2.58. The molecule has 0 aliphatic rings. The molecule has 1 rings (SSSR count). The number of benzene rings is 1. The van der Waals surface area contributed by atoms with E-state index in [1.165, 1.54) is 0 Å². The van der Waals surface area contributed by atoms with E-state index in [2.05, 4.69) is 4.85 Å². The minimum Gasteiger partial charge on any atom is -0.497 e. The standard InChI is InChI=1S/C10H11NO/c1-8(11-2)9-5-4-6-10(7-9)12-3/h4-8H,1,3H3. The summed E-state index contributed by atoms with van der Waals surface area (Å²) in [6.07, 6.45) is 0. The molecule has 0 aliphatic carbocycles. The summed E-state index contributed by atoms with van der Waals surface area (Å²) in [6.45, 7) is 8.73. The van der Waals surface area contributed by atoms with Crippen LogP contribution in [0, 0.1) is 6.57 Å². The van der Waals surface area contributed by atoms with Crippen LogP contribution in [0.15, 0.2) is 24.3 Å². The Morgan fingerprint density at radius 3 is 2.83 bits per heavy atom. The quantitative estimate of drug-likeness (QED) is 0.608. The molecule has 0 saturated heterocycles. The van der Waals surface area contributed by atoms with Crippen LogP contribution < -0.4 is 4.74 Å². The molecule has 2 heteroatoms. The Morgan fingerprint density at radius 2 is 2.25 bits per heavy atom. The van der Waals surface area contributed by atoms with Crippen molar-refractivity contribution in [3.63, 3.8) is 0 Å². The van der Waals surface area contributed by atoms with Crippen molar-refractivity contribution in [1.82, 2.24) is 0 Å². The third-order valence-corrected chi connectivity index (χ3v) is 1.77. The average molecular weight is 161 g/mol. The van der Waals surface area contributed by atoms with Crippen LogP contribution in [0.5, 0.6) is 5.75 Å². The number of rotatable bonds is 2. The van der Waals surface area contributed by atoms with E-state index in [0.717, 1.165) is 11.3 Å². The van der Waals surface area contributed by atoms with Gasteiger partial charge in [0.05, 0.1) is 7.11 Å². The highest BCUT2D eigenvalue weighted by Crippen LogP contribution is 2.20. The van der Waals surface area contributed by atoms with Gasteiger partial charge < -0.3 is 9.58 Å². The fourth-order valence-electron chi connectivity index (χ4n) is 0.976. The Morgan fingerprint density at radius 1 is 1.50 bits per heavy atom. The maximum Gasteiger partial charge on any atom is 0.246 e. The molecular formula is C10H11NO.